The van der Waals surface area contributed by atoms with Crippen molar-refractivity contribution in [1.82, 2.24) is 10.2 Å². The van der Waals surface area contributed by atoms with Gasteiger partial charge in [-0.25, -0.2) is 0 Å². The van der Waals surface area contributed by atoms with Gasteiger partial charge in [0, 0.05) is 28.7 Å². The first-order valence-electron chi connectivity index (χ1n) is 6.91. The molecular weight excluding hydrogens is 279 g/mol. The van der Waals surface area contributed by atoms with Gasteiger partial charge in [-0.05, 0) is 44.6 Å². The summed E-state index contributed by atoms with van der Waals surface area (Å²) in [6.45, 7) is 11.9. The molecule has 0 aliphatic heterocycles. The van der Waals surface area contributed by atoms with E-state index in [4.69, 9.17) is 23.2 Å². The molecular formula is C15H24Cl2N2. The Balaban J connectivity index is 2.61. The Morgan fingerprint density at radius 3 is 2.32 bits per heavy atom. The van der Waals surface area contributed by atoms with Gasteiger partial charge in [0.25, 0.3) is 0 Å². The van der Waals surface area contributed by atoms with Crippen molar-refractivity contribution in [1.29, 1.82) is 0 Å². The average Bonchev–Trinajstić information content (AvgIpc) is 2.35. The molecule has 1 rings (SSSR count). The molecule has 0 saturated heterocycles. The van der Waals surface area contributed by atoms with Crippen LogP contribution in [0.3, 0.4) is 0 Å². The lowest BCUT2D eigenvalue weighted by molar-refractivity contribution is 0.264. The molecule has 0 bridgehead atoms. The number of rotatable bonds is 7. The quantitative estimate of drug-likeness (QED) is 0.804. The highest BCUT2D eigenvalue weighted by molar-refractivity contribution is 6.35. The molecule has 2 nitrogen and oxygen atoms in total. The number of hydrogen-bond donors (Lipinski definition) is 1. The highest BCUT2D eigenvalue weighted by Gasteiger charge is 2.14. The molecule has 0 saturated carbocycles. The maximum atomic E-state index is 6.23. The SMILES string of the molecule is CCN(CC)CC(C)NC(C)c1ccc(Cl)cc1Cl. The van der Waals surface area contributed by atoms with Crippen molar-refractivity contribution in [2.75, 3.05) is 19.6 Å². The molecule has 0 aromatic heterocycles. The van der Waals surface area contributed by atoms with Crippen LogP contribution in [0.2, 0.25) is 10.0 Å². The molecule has 0 aliphatic carbocycles. The Labute approximate surface area is 127 Å². The van der Waals surface area contributed by atoms with Crippen LogP contribution < -0.4 is 5.32 Å². The Morgan fingerprint density at radius 2 is 1.79 bits per heavy atom. The predicted molar refractivity (Wildman–Crippen MR) is 85.3 cm³/mol. The summed E-state index contributed by atoms with van der Waals surface area (Å²) in [5.41, 5.74) is 1.09. The fourth-order valence-electron chi connectivity index (χ4n) is 2.29. The molecule has 0 heterocycles. The lowest BCUT2D eigenvalue weighted by Gasteiger charge is -2.26. The summed E-state index contributed by atoms with van der Waals surface area (Å²) in [5, 5.41) is 4.99. The molecule has 0 aliphatic rings. The number of nitrogens with one attached hydrogen (secondary N) is 1. The van der Waals surface area contributed by atoms with Crippen LogP contribution in [0, 0.1) is 0 Å². The van der Waals surface area contributed by atoms with Gasteiger partial charge in [0.05, 0.1) is 0 Å². The Morgan fingerprint density at radius 1 is 1.16 bits per heavy atom. The van der Waals surface area contributed by atoms with Gasteiger partial charge in [-0.3, -0.25) is 0 Å². The molecule has 1 aromatic rings. The monoisotopic (exact) mass is 302 g/mol. The lowest BCUT2D eigenvalue weighted by Crippen LogP contribution is -2.40. The van der Waals surface area contributed by atoms with Crippen molar-refractivity contribution in [3.05, 3.63) is 33.8 Å². The molecule has 4 heteroatoms. The Kier molecular flexibility index (Phi) is 7.16. The summed E-state index contributed by atoms with van der Waals surface area (Å²) in [6, 6.07) is 6.31. The van der Waals surface area contributed by atoms with E-state index in [9.17, 15) is 0 Å². The number of likely N-dealkylation sites (N-methyl/N-ethyl adjacent to an activating group) is 1. The second-order valence-electron chi connectivity index (χ2n) is 4.94. The first-order chi connectivity index (χ1) is 8.97. The molecule has 0 spiro atoms. The summed E-state index contributed by atoms with van der Waals surface area (Å²) in [6.07, 6.45) is 0. The molecule has 19 heavy (non-hydrogen) atoms. The van der Waals surface area contributed by atoms with Crippen molar-refractivity contribution < 1.29 is 0 Å². The zero-order valence-electron chi connectivity index (χ0n) is 12.2. The van der Waals surface area contributed by atoms with E-state index in [2.05, 4.69) is 37.9 Å². The van der Waals surface area contributed by atoms with Crippen molar-refractivity contribution in [3.63, 3.8) is 0 Å². The standard InChI is InChI=1S/C15H24Cl2N2/c1-5-19(6-2)10-11(3)18-12(4)14-8-7-13(16)9-15(14)17/h7-9,11-12,18H,5-6,10H2,1-4H3. The summed E-state index contributed by atoms with van der Waals surface area (Å²) in [7, 11) is 0. The summed E-state index contributed by atoms with van der Waals surface area (Å²) < 4.78 is 0. The van der Waals surface area contributed by atoms with Crippen LogP contribution >= 0.6 is 23.2 Å². The number of hydrogen-bond acceptors (Lipinski definition) is 2. The highest BCUT2D eigenvalue weighted by Crippen LogP contribution is 2.26. The van der Waals surface area contributed by atoms with Crippen LogP contribution in [0.5, 0.6) is 0 Å². The van der Waals surface area contributed by atoms with Crippen LogP contribution in [0.15, 0.2) is 18.2 Å². The highest BCUT2D eigenvalue weighted by atomic mass is 35.5. The topological polar surface area (TPSA) is 15.3 Å². The molecule has 0 amide bonds. The zero-order chi connectivity index (χ0) is 14.4. The second kappa shape index (κ2) is 8.11. The van der Waals surface area contributed by atoms with Crippen LogP contribution in [0.25, 0.3) is 0 Å². The summed E-state index contributed by atoms with van der Waals surface area (Å²) >= 11 is 12.2. The van der Waals surface area contributed by atoms with Crippen molar-refractivity contribution in [3.8, 4) is 0 Å². The minimum absolute atomic E-state index is 0.218. The average molecular weight is 303 g/mol. The summed E-state index contributed by atoms with van der Waals surface area (Å²) in [4.78, 5) is 2.41. The summed E-state index contributed by atoms with van der Waals surface area (Å²) in [5.74, 6) is 0. The fourth-order valence-corrected chi connectivity index (χ4v) is 2.86. The van der Waals surface area contributed by atoms with E-state index in [0.717, 1.165) is 30.2 Å². The zero-order valence-corrected chi connectivity index (χ0v) is 13.7. The van der Waals surface area contributed by atoms with Gasteiger partial charge in [-0.15, -0.1) is 0 Å². The van der Waals surface area contributed by atoms with Gasteiger partial charge in [-0.1, -0.05) is 43.1 Å². The predicted octanol–water partition coefficient (Wildman–Crippen LogP) is 4.37. The third-order valence-corrected chi connectivity index (χ3v) is 3.95. The molecule has 108 valence electrons. The van der Waals surface area contributed by atoms with E-state index < -0.39 is 0 Å². The number of halogens is 2. The van der Waals surface area contributed by atoms with Gasteiger partial charge in [0.1, 0.15) is 0 Å². The molecule has 1 aromatic carbocycles. The van der Waals surface area contributed by atoms with Crippen molar-refractivity contribution in [2.24, 2.45) is 0 Å². The van der Waals surface area contributed by atoms with Crippen LogP contribution in [-0.2, 0) is 0 Å². The van der Waals surface area contributed by atoms with E-state index in [1.807, 2.05) is 12.1 Å². The molecule has 0 radical (unpaired) electrons. The van der Waals surface area contributed by atoms with Gasteiger partial charge in [0.2, 0.25) is 0 Å². The Hall–Kier alpha value is -0.280. The van der Waals surface area contributed by atoms with Crippen molar-refractivity contribution >= 4 is 23.2 Å². The van der Waals surface area contributed by atoms with Crippen LogP contribution in [0.4, 0.5) is 0 Å². The van der Waals surface area contributed by atoms with Gasteiger partial charge >= 0.3 is 0 Å². The largest absolute Gasteiger partial charge is 0.306 e. The first-order valence-corrected chi connectivity index (χ1v) is 7.66. The normalized spacial score (nSPS) is 14.7. The fraction of sp³-hybridized carbons (Fsp3) is 0.600. The smallest absolute Gasteiger partial charge is 0.0468 e. The number of benzene rings is 1. The van der Waals surface area contributed by atoms with Gasteiger partial charge < -0.3 is 10.2 Å². The Bertz CT molecular complexity index is 392. The van der Waals surface area contributed by atoms with E-state index in [0.29, 0.717) is 11.1 Å². The van der Waals surface area contributed by atoms with Gasteiger partial charge in [0.15, 0.2) is 0 Å². The van der Waals surface area contributed by atoms with Crippen molar-refractivity contribution in [2.45, 2.75) is 39.8 Å². The molecule has 1 N–H and O–H groups in total. The maximum absolute atomic E-state index is 6.23. The van der Waals surface area contributed by atoms with Crippen LogP contribution in [0.1, 0.15) is 39.3 Å². The first kappa shape index (κ1) is 16.8. The minimum atomic E-state index is 0.218. The van der Waals surface area contributed by atoms with E-state index in [1.165, 1.54) is 0 Å². The van der Waals surface area contributed by atoms with Gasteiger partial charge in [-0.2, -0.15) is 0 Å². The van der Waals surface area contributed by atoms with Crippen LogP contribution in [-0.4, -0.2) is 30.6 Å². The third kappa shape index (κ3) is 5.31. The van der Waals surface area contributed by atoms with E-state index in [1.54, 1.807) is 6.07 Å². The second-order valence-corrected chi connectivity index (χ2v) is 5.78. The lowest BCUT2D eigenvalue weighted by atomic mass is 10.1. The molecule has 2 atom stereocenters. The van der Waals surface area contributed by atoms with E-state index >= 15 is 0 Å². The third-order valence-electron chi connectivity index (χ3n) is 3.39. The maximum Gasteiger partial charge on any atom is 0.0468 e. The number of nitrogens with zero attached hydrogens (tertiary/aromatic N) is 1. The van der Waals surface area contributed by atoms with E-state index in [-0.39, 0.29) is 6.04 Å². The minimum Gasteiger partial charge on any atom is -0.306 e. The molecule has 0 fully saturated rings. The molecule has 2 unspecified atom stereocenters.